The summed E-state index contributed by atoms with van der Waals surface area (Å²) in [5, 5.41) is 3.46. The van der Waals surface area contributed by atoms with Crippen LogP contribution in [-0.2, 0) is 0 Å². The van der Waals surface area contributed by atoms with Gasteiger partial charge < -0.3 is 5.32 Å². The quantitative estimate of drug-likeness (QED) is 0.845. The first kappa shape index (κ1) is 12.5. The van der Waals surface area contributed by atoms with E-state index in [1.54, 1.807) is 0 Å². The molecular formula is C14H23N3. The van der Waals surface area contributed by atoms with Crippen LogP contribution in [0.4, 0.5) is 0 Å². The fraction of sp³-hybridized carbons (Fsp3) is 0.643. The van der Waals surface area contributed by atoms with Gasteiger partial charge in [0.2, 0.25) is 0 Å². The SMILES string of the molecule is CCCN(C1CCNC1)C(C)c1ccncc1. The van der Waals surface area contributed by atoms with Crippen molar-refractivity contribution in [1.82, 2.24) is 15.2 Å². The van der Waals surface area contributed by atoms with Crippen LogP contribution >= 0.6 is 0 Å². The molecule has 3 heteroatoms. The van der Waals surface area contributed by atoms with Crippen LogP contribution in [0, 0.1) is 0 Å². The normalized spacial score (nSPS) is 21.9. The van der Waals surface area contributed by atoms with E-state index in [1.165, 1.54) is 24.9 Å². The Bertz CT molecular complexity index is 319. The van der Waals surface area contributed by atoms with Gasteiger partial charge in [0.15, 0.2) is 0 Å². The molecule has 1 aromatic heterocycles. The van der Waals surface area contributed by atoms with Gasteiger partial charge in [-0.05, 0) is 50.6 Å². The van der Waals surface area contributed by atoms with Gasteiger partial charge in [-0.2, -0.15) is 0 Å². The third kappa shape index (κ3) is 3.05. The number of nitrogens with one attached hydrogen (secondary N) is 1. The van der Waals surface area contributed by atoms with E-state index in [9.17, 15) is 0 Å². The van der Waals surface area contributed by atoms with Crippen LogP contribution in [0.5, 0.6) is 0 Å². The summed E-state index contributed by atoms with van der Waals surface area (Å²) in [6, 6.07) is 5.45. The lowest BCUT2D eigenvalue weighted by atomic mass is 10.1. The Labute approximate surface area is 104 Å². The first-order valence-corrected chi connectivity index (χ1v) is 6.69. The van der Waals surface area contributed by atoms with E-state index in [0.717, 1.165) is 13.1 Å². The minimum atomic E-state index is 0.489. The van der Waals surface area contributed by atoms with E-state index < -0.39 is 0 Å². The zero-order valence-electron chi connectivity index (χ0n) is 10.9. The average molecular weight is 233 g/mol. The molecule has 2 unspecified atom stereocenters. The van der Waals surface area contributed by atoms with Gasteiger partial charge in [-0.1, -0.05) is 6.92 Å². The summed E-state index contributed by atoms with van der Waals surface area (Å²) in [7, 11) is 0. The number of pyridine rings is 1. The second kappa shape index (κ2) is 6.12. The van der Waals surface area contributed by atoms with Gasteiger partial charge in [0.25, 0.3) is 0 Å². The van der Waals surface area contributed by atoms with E-state index in [-0.39, 0.29) is 0 Å². The van der Waals surface area contributed by atoms with Crippen LogP contribution < -0.4 is 5.32 Å². The molecule has 0 aliphatic carbocycles. The van der Waals surface area contributed by atoms with Gasteiger partial charge in [0.1, 0.15) is 0 Å². The summed E-state index contributed by atoms with van der Waals surface area (Å²) >= 11 is 0. The Morgan fingerprint density at radius 2 is 2.24 bits per heavy atom. The minimum Gasteiger partial charge on any atom is -0.315 e. The summed E-state index contributed by atoms with van der Waals surface area (Å²) in [6.45, 7) is 8.04. The summed E-state index contributed by atoms with van der Waals surface area (Å²) in [5.74, 6) is 0. The lowest BCUT2D eigenvalue weighted by Gasteiger charge is -2.34. The van der Waals surface area contributed by atoms with E-state index in [4.69, 9.17) is 0 Å². The maximum Gasteiger partial charge on any atom is 0.0324 e. The third-order valence-corrected chi connectivity index (χ3v) is 3.67. The van der Waals surface area contributed by atoms with E-state index in [0.29, 0.717) is 12.1 Å². The molecule has 1 aliphatic rings. The average Bonchev–Trinajstić information content (AvgIpc) is 2.90. The van der Waals surface area contributed by atoms with Gasteiger partial charge in [-0.15, -0.1) is 0 Å². The Hall–Kier alpha value is -0.930. The standard InChI is InChI=1S/C14H23N3/c1-3-10-17(14-6-9-16-11-14)12(2)13-4-7-15-8-5-13/h4-5,7-8,12,14,16H,3,6,9-11H2,1-2H3. The summed E-state index contributed by atoms with van der Waals surface area (Å²) < 4.78 is 0. The molecule has 17 heavy (non-hydrogen) atoms. The van der Waals surface area contributed by atoms with E-state index in [1.807, 2.05) is 12.4 Å². The second-order valence-electron chi connectivity index (χ2n) is 4.84. The smallest absolute Gasteiger partial charge is 0.0324 e. The third-order valence-electron chi connectivity index (χ3n) is 3.67. The molecule has 0 spiro atoms. The highest BCUT2D eigenvalue weighted by Gasteiger charge is 2.26. The van der Waals surface area contributed by atoms with Crippen molar-refractivity contribution in [2.45, 2.75) is 38.8 Å². The van der Waals surface area contributed by atoms with Crippen molar-refractivity contribution in [1.29, 1.82) is 0 Å². The molecule has 2 heterocycles. The van der Waals surface area contributed by atoms with Crippen molar-refractivity contribution in [2.24, 2.45) is 0 Å². The van der Waals surface area contributed by atoms with Crippen LogP contribution in [-0.4, -0.2) is 35.6 Å². The molecule has 3 nitrogen and oxygen atoms in total. The van der Waals surface area contributed by atoms with Crippen molar-refractivity contribution in [3.05, 3.63) is 30.1 Å². The predicted molar refractivity (Wildman–Crippen MR) is 70.9 cm³/mol. The van der Waals surface area contributed by atoms with Crippen molar-refractivity contribution < 1.29 is 0 Å². The highest BCUT2D eigenvalue weighted by atomic mass is 15.2. The van der Waals surface area contributed by atoms with E-state index >= 15 is 0 Å². The molecule has 2 atom stereocenters. The molecule has 1 fully saturated rings. The molecule has 1 aliphatic heterocycles. The molecule has 0 aromatic carbocycles. The van der Waals surface area contributed by atoms with Crippen molar-refractivity contribution in [3.8, 4) is 0 Å². The zero-order chi connectivity index (χ0) is 12.1. The highest BCUT2D eigenvalue weighted by molar-refractivity contribution is 5.14. The largest absolute Gasteiger partial charge is 0.315 e. The highest BCUT2D eigenvalue weighted by Crippen LogP contribution is 2.24. The number of rotatable bonds is 5. The number of nitrogens with zero attached hydrogens (tertiary/aromatic N) is 2. The summed E-state index contributed by atoms with van der Waals surface area (Å²) in [4.78, 5) is 6.73. The van der Waals surface area contributed by atoms with Crippen molar-refractivity contribution in [2.75, 3.05) is 19.6 Å². The fourth-order valence-electron chi connectivity index (χ4n) is 2.71. The maximum atomic E-state index is 4.10. The van der Waals surface area contributed by atoms with Crippen LogP contribution in [0.25, 0.3) is 0 Å². The Morgan fingerprint density at radius 3 is 2.82 bits per heavy atom. The molecule has 2 rings (SSSR count). The number of aromatic nitrogens is 1. The molecule has 94 valence electrons. The van der Waals surface area contributed by atoms with Gasteiger partial charge >= 0.3 is 0 Å². The van der Waals surface area contributed by atoms with Crippen molar-refractivity contribution in [3.63, 3.8) is 0 Å². The monoisotopic (exact) mass is 233 g/mol. The molecule has 1 aromatic rings. The number of hydrogen-bond acceptors (Lipinski definition) is 3. The first-order chi connectivity index (χ1) is 8.33. The Morgan fingerprint density at radius 1 is 1.47 bits per heavy atom. The molecule has 0 amide bonds. The first-order valence-electron chi connectivity index (χ1n) is 6.69. The zero-order valence-corrected chi connectivity index (χ0v) is 10.9. The van der Waals surface area contributed by atoms with Crippen LogP contribution in [0.1, 0.15) is 38.3 Å². The number of hydrogen-bond donors (Lipinski definition) is 1. The molecule has 1 N–H and O–H groups in total. The topological polar surface area (TPSA) is 28.2 Å². The Kier molecular flexibility index (Phi) is 4.51. The molecule has 0 saturated carbocycles. The van der Waals surface area contributed by atoms with Gasteiger partial charge in [0.05, 0.1) is 0 Å². The molecule has 1 saturated heterocycles. The maximum absolute atomic E-state index is 4.10. The van der Waals surface area contributed by atoms with Gasteiger partial charge in [-0.25, -0.2) is 0 Å². The minimum absolute atomic E-state index is 0.489. The van der Waals surface area contributed by atoms with Gasteiger partial charge in [-0.3, -0.25) is 9.88 Å². The second-order valence-corrected chi connectivity index (χ2v) is 4.84. The molecular weight excluding hydrogens is 210 g/mol. The molecule has 0 radical (unpaired) electrons. The fourth-order valence-corrected chi connectivity index (χ4v) is 2.71. The lowest BCUT2D eigenvalue weighted by Crippen LogP contribution is -2.39. The Balaban J connectivity index is 2.09. The van der Waals surface area contributed by atoms with Crippen LogP contribution in [0.15, 0.2) is 24.5 Å². The van der Waals surface area contributed by atoms with Crippen LogP contribution in [0.3, 0.4) is 0 Å². The van der Waals surface area contributed by atoms with Crippen LogP contribution in [0.2, 0.25) is 0 Å². The lowest BCUT2D eigenvalue weighted by molar-refractivity contribution is 0.153. The predicted octanol–water partition coefficient (Wildman–Crippen LogP) is 2.22. The summed E-state index contributed by atoms with van der Waals surface area (Å²) in [6.07, 6.45) is 6.27. The van der Waals surface area contributed by atoms with Gasteiger partial charge in [0, 0.05) is 31.0 Å². The molecule has 0 bridgehead atoms. The van der Waals surface area contributed by atoms with Crippen molar-refractivity contribution >= 4 is 0 Å². The summed E-state index contributed by atoms with van der Waals surface area (Å²) in [5.41, 5.74) is 1.38. The van der Waals surface area contributed by atoms with E-state index in [2.05, 4.69) is 41.2 Å².